The highest BCUT2D eigenvalue weighted by molar-refractivity contribution is 6.30. The number of halogens is 1. The number of aliphatic imine (C=N–C) groups is 1. The van der Waals surface area contributed by atoms with Gasteiger partial charge in [0.25, 0.3) is 0 Å². The minimum absolute atomic E-state index is 0.253. The molecule has 1 saturated heterocycles. The van der Waals surface area contributed by atoms with E-state index in [1.807, 2.05) is 40.9 Å². The molecule has 0 aliphatic carbocycles. The van der Waals surface area contributed by atoms with Crippen LogP contribution in [0.2, 0.25) is 5.02 Å². The third kappa shape index (κ3) is 4.68. The molecule has 2 N–H and O–H groups in total. The molecule has 3 heterocycles. The second-order valence-corrected chi connectivity index (χ2v) is 7.60. The highest BCUT2D eigenvalue weighted by Crippen LogP contribution is 2.26. The summed E-state index contributed by atoms with van der Waals surface area (Å²) in [4.78, 5) is 6.88. The minimum atomic E-state index is 0.253. The number of pyridine rings is 1. The first kappa shape index (κ1) is 19.7. The first-order valence-electron chi connectivity index (χ1n) is 9.97. The van der Waals surface area contributed by atoms with Crippen molar-refractivity contribution in [1.82, 2.24) is 30.1 Å². The molecule has 0 saturated carbocycles. The third-order valence-corrected chi connectivity index (χ3v) is 5.53. The lowest BCUT2D eigenvalue weighted by molar-refractivity contribution is 0.245. The van der Waals surface area contributed by atoms with Gasteiger partial charge in [0.15, 0.2) is 17.4 Å². The first-order valence-corrected chi connectivity index (χ1v) is 10.3. The van der Waals surface area contributed by atoms with Gasteiger partial charge in [-0.15, -0.1) is 10.2 Å². The Morgan fingerprint density at radius 3 is 2.79 bits per heavy atom. The molecule has 4 rings (SSSR count). The summed E-state index contributed by atoms with van der Waals surface area (Å²) in [6.45, 7) is 3.50. The molecule has 2 aromatic heterocycles. The van der Waals surface area contributed by atoms with Crippen molar-refractivity contribution in [2.24, 2.45) is 4.99 Å². The predicted molar refractivity (Wildman–Crippen MR) is 116 cm³/mol. The summed E-state index contributed by atoms with van der Waals surface area (Å²) in [5.41, 5.74) is 2.06. The quantitative estimate of drug-likeness (QED) is 0.482. The number of likely N-dealkylation sites (tertiary alicyclic amines) is 1. The van der Waals surface area contributed by atoms with Crippen LogP contribution in [-0.2, 0) is 6.54 Å². The van der Waals surface area contributed by atoms with Gasteiger partial charge in [-0.2, -0.15) is 0 Å². The number of nitrogens with one attached hydrogen (secondary N) is 2. The van der Waals surface area contributed by atoms with Crippen molar-refractivity contribution in [3.05, 3.63) is 65.1 Å². The lowest BCUT2D eigenvalue weighted by Crippen LogP contribution is -2.42. The fourth-order valence-corrected chi connectivity index (χ4v) is 4.01. The normalized spacial score (nSPS) is 16.3. The lowest BCUT2D eigenvalue weighted by atomic mass is 10.1. The molecule has 0 spiro atoms. The van der Waals surface area contributed by atoms with Gasteiger partial charge >= 0.3 is 0 Å². The second-order valence-electron chi connectivity index (χ2n) is 7.17. The van der Waals surface area contributed by atoms with E-state index in [1.165, 1.54) is 18.4 Å². The minimum Gasteiger partial charge on any atom is -0.354 e. The highest BCUT2D eigenvalue weighted by atomic mass is 35.5. The van der Waals surface area contributed by atoms with Gasteiger partial charge in [0.1, 0.15) is 0 Å². The molecule has 0 radical (unpaired) electrons. The maximum Gasteiger partial charge on any atom is 0.191 e. The number of aromatic nitrogens is 3. The Labute approximate surface area is 175 Å². The SMILES string of the molecule is CN=C(NCc1nnc2ccccn12)NCC(c1cccc(Cl)c1)N1CCCC1. The number of nitrogens with zero attached hydrogens (tertiary/aromatic N) is 5. The van der Waals surface area contributed by atoms with Crippen LogP contribution in [0.3, 0.4) is 0 Å². The number of fused-ring (bicyclic) bond motifs is 1. The van der Waals surface area contributed by atoms with E-state index in [9.17, 15) is 0 Å². The van der Waals surface area contributed by atoms with E-state index < -0.39 is 0 Å². The van der Waals surface area contributed by atoms with Crippen molar-refractivity contribution in [1.29, 1.82) is 0 Å². The van der Waals surface area contributed by atoms with Gasteiger partial charge in [0.2, 0.25) is 0 Å². The molecule has 152 valence electrons. The molecule has 7 nitrogen and oxygen atoms in total. The number of hydrogen-bond donors (Lipinski definition) is 2. The smallest absolute Gasteiger partial charge is 0.191 e. The molecular formula is C21H26ClN7. The van der Waals surface area contributed by atoms with Crippen LogP contribution in [0, 0.1) is 0 Å². The zero-order valence-electron chi connectivity index (χ0n) is 16.6. The number of hydrogen-bond acceptors (Lipinski definition) is 4. The van der Waals surface area contributed by atoms with E-state index in [0.717, 1.165) is 42.1 Å². The van der Waals surface area contributed by atoms with Crippen LogP contribution in [0.5, 0.6) is 0 Å². The van der Waals surface area contributed by atoms with Gasteiger partial charge in [-0.3, -0.25) is 14.3 Å². The largest absolute Gasteiger partial charge is 0.354 e. The standard InChI is InChI=1S/C21H26ClN7/c1-23-21(25-15-20-27-26-19-9-2-3-12-29(19)20)24-14-18(28-10-4-5-11-28)16-7-6-8-17(22)13-16/h2-3,6-9,12-13,18H,4-5,10-11,14-15H2,1H3,(H2,23,24,25). The summed E-state index contributed by atoms with van der Waals surface area (Å²) in [6, 6.07) is 14.3. The average molecular weight is 412 g/mol. The Kier molecular flexibility index (Phi) is 6.27. The molecule has 8 heteroatoms. The average Bonchev–Trinajstić information content (AvgIpc) is 3.41. The second kappa shape index (κ2) is 9.24. The van der Waals surface area contributed by atoms with Crippen LogP contribution in [0.15, 0.2) is 53.7 Å². The number of rotatable bonds is 6. The summed E-state index contributed by atoms with van der Waals surface area (Å²) < 4.78 is 1.97. The topological polar surface area (TPSA) is 69.8 Å². The van der Waals surface area contributed by atoms with Crippen LogP contribution in [0.1, 0.15) is 30.3 Å². The van der Waals surface area contributed by atoms with E-state index >= 15 is 0 Å². The molecule has 29 heavy (non-hydrogen) atoms. The molecule has 0 amide bonds. The highest BCUT2D eigenvalue weighted by Gasteiger charge is 2.24. The van der Waals surface area contributed by atoms with Crippen LogP contribution in [-0.4, -0.2) is 52.1 Å². The van der Waals surface area contributed by atoms with E-state index in [2.05, 4.69) is 42.9 Å². The molecule has 1 aliphatic rings. The summed E-state index contributed by atoms with van der Waals surface area (Å²) >= 11 is 6.25. The van der Waals surface area contributed by atoms with E-state index in [1.54, 1.807) is 7.05 Å². The van der Waals surface area contributed by atoms with Crippen molar-refractivity contribution >= 4 is 23.2 Å². The lowest BCUT2D eigenvalue weighted by Gasteiger charge is -2.29. The Bertz CT molecular complexity index is 978. The van der Waals surface area contributed by atoms with Gasteiger partial charge in [0.05, 0.1) is 12.6 Å². The van der Waals surface area contributed by atoms with Crippen LogP contribution in [0.4, 0.5) is 0 Å². The van der Waals surface area contributed by atoms with Crippen LogP contribution in [0.25, 0.3) is 5.65 Å². The first-order chi connectivity index (χ1) is 14.2. The Morgan fingerprint density at radius 1 is 1.14 bits per heavy atom. The summed E-state index contributed by atoms with van der Waals surface area (Å²) in [5, 5.41) is 16.0. The number of benzene rings is 1. The van der Waals surface area contributed by atoms with Gasteiger partial charge in [-0.25, -0.2) is 0 Å². The van der Waals surface area contributed by atoms with Crippen molar-refractivity contribution in [3.63, 3.8) is 0 Å². The zero-order chi connectivity index (χ0) is 20.1. The van der Waals surface area contributed by atoms with Crippen LogP contribution >= 0.6 is 11.6 Å². The van der Waals surface area contributed by atoms with E-state index in [0.29, 0.717) is 6.54 Å². The molecule has 1 aliphatic heterocycles. The van der Waals surface area contributed by atoms with Crippen molar-refractivity contribution < 1.29 is 0 Å². The predicted octanol–water partition coefficient (Wildman–Crippen LogP) is 2.88. The molecule has 1 fully saturated rings. The van der Waals surface area contributed by atoms with Gasteiger partial charge in [-0.1, -0.05) is 29.8 Å². The fraction of sp³-hybridized carbons (Fsp3) is 0.381. The maximum atomic E-state index is 6.25. The fourth-order valence-electron chi connectivity index (χ4n) is 3.81. The van der Waals surface area contributed by atoms with E-state index in [4.69, 9.17) is 11.6 Å². The summed E-state index contributed by atoms with van der Waals surface area (Å²) in [7, 11) is 1.78. The maximum absolute atomic E-state index is 6.25. The van der Waals surface area contributed by atoms with Gasteiger partial charge in [-0.05, 0) is 55.8 Å². The summed E-state index contributed by atoms with van der Waals surface area (Å²) in [6.07, 6.45) is 4.44. The Hall–Kier alpha value is -2.64. The summed E-state index contributed by atoms with van der Waals surface area (Å²) in [5.74, 6) is 1.58. The molecule has 1 unspecified atom stereocenters. The van der Waals surface area contributed by atoms with Gasteiger partial charge < -0.3 is 10.6 Å². The third-order valence-electron chi connectivity index (χ3n) is 5.30. The zero-order valence-corrected chi connectivity index (χ0v) is 17.3. The molecular weight excluding hydrogens is 386 g/mol. The van der Waals surface area contributed by atoms with Crippen LogP contribution < -0.4 is 10.6 Å². The monoisotopic (exact) mass is 411 g/mol. The van der Waals surface area contributed by atoms with Crippen molar-refractivity contribution in [2.75, 3.05) is 26.7 Å². The molecule has 3 aromatic rings. The Morgan fingerprint density at radius 2 is 2.00 bits per heavy atom. The van der Waals surface area contributed by atoms with Gasteiger partial charge in [0, 0.05) is 24.8 Å². The van der Waals surface area contributed by atoms with E-state index in [-0.39, 0.29) is 6.04 Å². The van der Waals surface area contributed by atoms with Crippen molar-refractivity contribution in [3.8, 4) is 0 Å². The van der Waals surface area contributed by atoms with Crippen molar-refractivity contribution in [2.45, 2.75) is 25.4 Å². The Balaban J connectivity index is 1.41. The molecule has 0 bridgehead atoms. The molecule has 1 aromatic carbocycles. The number of guanidine groups is 1. The molecule has 1 atom stereocenters.